The molecule has 0 heterocycles. The molecule has 1 fully saturated rings. The van der Waals surface area contributed by atoms with Gasteiger partial charge < -0.3 is 16.0 Å². The minimum Gasteiger partial charge on any atom is -0.353 e. The molecular formula is C10H21N3O. The van der Waals surface area contributed by atoms with Gasteiger partial charge in [0.05, 0.1) is 6.04 Å². The van der Waals surface area contributed by atoms with E-state index in [0.29, 0.717) is 0 Å². The van der Waals surface area contributed by atoms with E-state index in [4.69, 9.17) is 5.73 Å². The molecule has 0 aromatic heterocycles. The molecule has 4 nitrogen and oxygen atoms in total. The van der Waals surface area contributed by atoms with Crippen molar-refractivity contribution >= 4 is 5.91 Å². The Balaban J connectivity index is 2.39. The molecule has 1 amide bonds. The number of carbonyl (C=O) groups excluding carboxylic acids is 1. The van der Waals surface area contributed by atoms with Gasteiger partial charge >= 0.3 is 0 Å². The van der Waals surface area contributed by atoms with Gasteiger partial charge in [0, 0.05) is 12.1 Å². The number of nitrogens with zero attached hydrogens (tertiary/aromatic N) is 1. The predicted octanol–water partition coefficient (Wildman–Crippen LogP) is -0.0659. The number of rotatable bonds is 4. The van der Waals surface area contributed by atoms with E-state index in [1.54, 1.807) is 6.92 Å². The molecule has 82 valence electrons. The van der Waals surface area contributed by atoms with E-state index < -0.39 is 6.04 Å². The average molecular weight is 199 g/mol. The lowest BCUT2D eigenvalue weighted by molar-refractivity contribution is -0.123. The van der Waals surface area contributed by atoms with Crippen LogP contribution in [0.1, 0.15) is 26.2 Å². The molecule has 3 N–H and O–H groups in total. The quantitative estimate of drug-likeness (QED) is 0.666. The Hall–Kier alpha value is -0.610. The molecule has 1 aliphatic rings. The minimum atomic E-state index is -0.408. The fourth-order valence-corrected chi connectivity index (χ4v) is 1.78. The Labute approximate surface area is 85.8 Å². The monoisotopic (exact) mass is 199 g/mol. The molecular weight excluding hydrogens is 178 g/mol. The van der Waals surface area contributed by atoms with Gasteiger partial charge in [-0.15, -0.1) is 0 Å². The van der Waals surface area contributed by atoms with Crippen molar-refractivity contribution in [2.24, 2.45) is 5.73 Å². The molecule has 0 aromatic rings. The van der Waals surface area contributed by atoms with Crippen LogP contribution in [-0.2, 0) is 4.79 Å². The molecule has 0 unspecified atom stereocenters. The van der Waals surface area contributed by atoms with Gasteiger partial charge in [-0.1, -0.05) is 0 Å². The van der Waals surface area contributed by atoms with E-state index in [1.807, 2.05) is 0 Å². The number of hydrogen-bond acceptors (Lipinski definition) is 3. The molecule has 4 heteroatoms. The van der Waals surface area contributed by atoms with Gasteiger partial charge in [-0.05, 0) is 40.3 Å². The average Bonchev–Trinajstić information content (AvgIpc) is 2.00. The standard InChI is InChI=1S/C10H21N3O/c1-8(11)9(14)12-7-10(13(2)3)5-4-6-10/h8H,4-7,11H2,1-3H3,(H,12,14)/t8-/m1/s1. The highest BCUT2D eigenvalue weighted by Crippen LogP contribution is 2.35. The minimum absolute atomic E-state index is 0.0573. The molecule has 1 saturated carbocycles. The maximum Gasteiger partial charge on any atom is 0.236 e. The first-order chi connectivity index (χ1) is 6.48. The highest BCUT2D eigenvalue weighted by atomic mass is 16.2. The summed E-state index contributed by atoms with van der Waals surface area (Å²) in [5.41, 5.74) is 5.66. The molecule has 1 rings (SSSR count). The van der Waals surface area contributed by atoms with E-state index >= 15 is 0 Å². The van der Waals surface area contributed by atoms with Crippen molar-refractivity contribution in [1.82, 2.24) is 10.2 Å². The van der Waals surface area contributed by atoms with E-state index in [0.717, 1.165) is 6.54 Å². The highest BCUT2D eigenvalue weighted by Gasteiger charge is 2.39. The zero-order valence-corrected chi connectivity index (χ0v) is 9.34. The second-order valence-electron chi connectivity index (χ2n) is 4.48. The zero-order chi connectivity index (χ0) is 10.8. The largest absolute Gasteiger partial charge is 0.353 e. The van der Waals surface area contributed by atoms with Crippen molar-refractivity contribution in [3.05, 3.63) is 0 Å². The van der Waals surface area contributed by atoms with Crippen molar-refractivity contribution in [1.29, 1.82) is 0 Å². The maximum absolute atomic E-state index is 11.3. The SMILES string of the molecule is C[C@@H](N)C(=O)NCC1(N(C)C)CCC1. The molecule has 0 spiro atoms. The molecule has 1 aliphatic carbocycles. The summed E-state index contributed by atoms with van der Waals surface area (Å²) in [6.45, 7) is 2.43. The maximum atomic E-state index is 11.3. The highest BCUT2D eigenvalue weighted by molar-refractivity contribution is 5.81. The summed E-state index contributed by atoms with van der Waals surface area (Å²) in [6.07, 6.45) is 3.59. The molecule has 0 radical (unpaired) electrons. The van der Waals surface area contributed by atoms with E-state index in [-0.39, 0.29) is 11.4 Å². The van der Waals surface area contributed by atoms with Crippen LogP contribution in [0.5, 0.6) is 0 Å². The molecule has 0 bridgehead atoms. The topological polar surface area (TPSA) is 58.4 Å². The van der Waals surface area contributed by atoms with Crippen LogP contribution in [0.25, 0.3) is 0 Å². The summed E-state index contributed by atoms with van der Waals surface area (Å²) >= 11 is 0. The summed E-state index contributed by atoms with van der Waals surface area (Å²) in [7, 11) is 4.13. The van der Waals surface area contributed by atoms with Crippen LogP contribution in [0.15, 0.2) is 0 Å². The predicted molar refractivity (Wildman–Crippen MR) is 56.9 cm³/mol. The van der Waals surface area contributed by atoms with Crippen LogP contribution in [0, 0.1) is 0 Å². The smallest absolute Gasteiger partial charge is 0.236 e. The van der Waals surface area contributed by atoms with Crippen molar-refractivity contribution in [2.75, 3.05) is 20.6 Å². The third kappa shape index (κ3) is 2.25. The Morgan fingerprint density at radius 3 is 2.43 bits per heavy atom. The van der Waals surface area contributed by atoms with Crippen LogP contribution in [0.2, 0.25) is 0 Å². The summed E-state index contributed by atoms with van der Waals surface area (Å²) in [5, 5.41) is 2.90. The molecule has 14 heavy (non-hydrogen) atoms. The number of nitrogens with one attached hydrogen (secondary N) is 1. The summed E-state index contributed by atoms with van der Waals surface area (Å²) < 4.78 is 0. The second kappa shape index (κ2) is 4.28. The normalized spacial score (nSPS) is 21.5. The van der Waals surface area contributed by atoms with Gasteiger partial charge in [0.15, 0.2) is 0 Å². The van der Waals surface area contributed by atoms with Crippen LogP contribution in [0.4, 0.5) is 0 Å². The number of nitrogens with two attached hydrogens (primary N) is 1. The number of likely N-dealkylation sites (N-methyl/N-ethyl adjacent to an activating group) is 1. The fraction of sp³-hybridized carbons (Fsp3) is 0.900. The molecule has 0 aromatic carbocycles. The van der Waals surface area contributed by atoms with Crippen molar-refractivity contribution in [3.8, 4) is 0 Å². The number of carbonyl (C=O) groups is 1. The van der Waals surface area contributed by atoms with Gasteiger partial charge in [-0.25, -0.2) is 0 Å². The Morgan fingerprint density at radius 1 is 1.57 bits per heavy atom. The van der Waals surface area contributed by atoms with Gasteiger partial charge in [-0.2, -0.15) is 0 Å². The zero-order valence-electron chi connectivity index (χ0n) is 9.34. The number of hydrogen-bond donors (Lipinski definition) is 2. The van der Waals surface area contributed by atoms with Crippen LogP contribution in [-0.4, -0.2) is 43.0 Å². The lowest BCUT2D eigenvalue weighted by atomic mass is 9.75. The Bertz CT molecular complexity index is 209. The fourth-order valence-electron chi connectivity index (χ4n) is 1.78. The molecule has 0 saturated heterocycles. The van der Waals surface area contributed by atoms with Gasteiger partial charge in [0.2, 0.25) is 5.91 Å². The van der Waals surface area contributed by atoms with Crippen molar-refractivity contribution in [3.63, 3.8) is 0 Å². The van der Waals surface area contributed by atoms with Crippen LogP contribution < -0.4 is 11.1 Å². The third-order valence-electron chi connectivity index (χ3n) is 3.24. The molecule has 1 atom stereocenters. The van der Waals surface area contributed by atoms with E-state index in [2.05, 4.69) is 24.3 Å². The van der Waals surface area contributed by atoms with Crippen LogP contribution in [0.3, 0.4) is 0 Å². The van der Waals surface area contributed by atoms with E-state index in [1.165, 1.54) is 19.3 Å². The van der Waals surface area contributed by atoms with Gasteiger partial charge in [0.25, 0.3) is 0 Å². The van der Waals surface area contributed by atoms with Crippen LogP contribution >= 0.6 is 0 Å². The summed E-state index contributed by atoms with van der Waals surface area (Å²) in [4.78, 5) is 13.5. The second-order valence-corrected chi connectivity index (χ2v) is 4.48. The lowest BCUT2D eigenvalue weighted by Gasteiger charge is -2.47. The number of amides is 1. The third-order valence-corrected chi connectivity index (χ3v) is 3.24. The van der Waals surface area contributed by atoms with E-state index in [9.17, 15) is 4.79 Å². The van der Waals surface area contributed by atoms with Crippen molar-refractivity contribution in [2.45, 2.75) is 37.8 Å². The summed E-state index contributed by atoms with van der Waals surface area (Å²) in [5.74, 6) is -0.0573. The molecule has 0 aliphatic heterocycles. The lowest BCUT2D eigenvalue weighted by Crippen LogP contribution is -2.58. The van der Waals surface area contributed by atoms with Crippen molar-refractivity contribution < 1.29 is 4.79 Å². The first-order valence-corrected chi connectivity index (χ1v) is 5.19. The first-order valence-electron chi connectivity index (χ1n) is 5.19. The van der Waals surface area contributed by atoms with Gasteiger partial charge in [-0.3, -0.25) is 4.79 Å². The Morgan fingerprint density at radius 2 is 2.14 bits per heavy atom. The summed E-state index contributed by atoms with van der Waals surface area (Å²) in [6, 6.07) is -0.408. The first kappa shape index (κ1) is 11.5. The Kier molecular flexibility index (Phi) is 3.50. The van der Waals surface area contributed by atoms with Gasteiger partial charge in [0.1, 0.15) is 0 Å².